The molecule has 4 nitrogen and oxygen atoms in total. The van der Waals surface area contributed by atoms with Gasteiger partial charge in [-0.3, -0.25) is 4.79 Å². The molecule has 0 saturated heterocycles. The number of carbonyl (C=O) groups is 1. The summed E-state index contributed by atoms with van der Waals surface area (Å²) in [5, 5.41) is 0. The Balaban J connectivity index is 2.26. The minimum absolute atomic E-state index is 0.248. The Morgan fingerprint density at radius 2 is 2.33 bits per heavy atom. The zero-order valence-corrected chi connectivity index (χ0v) is 9.99. The highest BCUT2D eigenvalue weighted by Gasteiger charge is 2.01. The number of pyridine rings is 1. The monoisotopic (exact) mass is 273 g/mol. The number of nitrogens with zero attached hydrogens (tertiary/aromatic N) is 1. The Hall–Kier alpha value is -1.10. The molecule has 15 heavy (non-hydrogen) atoms. The molecule has 0 N–H and O–H groups in total. The van der Waals surface area contributed by atoms with Gasteiger partial charge in [0.05, 0.1) is 25.8 Å². The smallest absolute Gasteiger partial charge is 0.309 e. The van der Waals surface area contributed by atoms with Crippen LogP contribution in [-0.4, -0.2) is 24.2 Å². The van der Waals surface area contributed by atoms with Crippen LogP contribution in [0.5, 0.6) is 5.75 Å². The van der Waals surface area contributed by atoms with Crippen molar-refractivity contribution in [2.45, 2.75) is 13.3 Å². The predicted octanol–water partition coefficient (Wildman–Crippen LogP) is 2.18. The van der Waals surface area contributed by atoms with Crippen molar-refractivity contribution in [3.8, 4) is 5.75 Å². The van der Waals surface area contributed by atoms with Gasteiger partial charge in [0.25, 0.3) is 0 Å². The lowest BCUT2D eigenvalue weighted by Gasteiger charge is -2.05. The summed E-state index contributed by atoms with van der Waals surface area (Å²) in [6.07, 6.45) is 1.85. The van der Waals surface area contributed by atoms with Crippen molar-refractivity contribution >= 4 is 21.9 Å². The molecule has 0 fully saturated rings. The topological polar surface area (TPSA) is 48.4 Å². The van der Waals surface area contributed by atoms with Crippen LogP contribution in [0.1, 0.15) is 13.3 Å². The standard InChI is InChI=1S/C10H12BrNO3/c1-2-14-10(13)5-6-15-8-3-4-9(11)12-7-8/h3-4,7H,2,5-6H2,1H3. The fourth-order valence-electron chi connectivity index (χ4n) is 0.933. The first-order valence-electron chi connectivity index (χ1n) is 4.62. The third-order valence-electron chi connectivity index (χ3n) is 1.58. The van der Waals surface area contributed by atoms with Crippen molar-refractivity contribution in [1.29, 1.82) is 0 Å². The zero-order chi connectivity index (χ0) is 11.1. The Kier molecular flexibility index (Phi) is 5.10. The fourth-order valence-corrected chi connectivity index (χ4v) is 1.17. The maximum absolute atomic E-state index is 11.0. The average molecular weight is 274 g/mol. The summed E-state index contributed by atoms with van der Waals surface area (Å²) in [4.78, 5) is 15.0. The van der Waals surface area contributed by atoms with Gasteiger partial charge in [-0.1, -0.05) is 0 Å². The van der Waals surface area contributed by atoms with Gasteiger partial charge in [0.1, 0.15) is 10.4 Å². The first kappa shape index (κ1) is 12.0. The molecule has 0 radical (unpaired) electrons. The van der Waals surface area contributed by atoms with Crippen molar-refractivity contribution in [2.75, 3.05) is 13.2 Å². The van der Waals surface area contributed by atoms with E-state index >= 15 is 0 Å². The maximum Gasteiger partial charge on any atom is 0.309 e. The van der Waals surface area contributed by atoms with E-state index < -0.39 is 0 Å². The molecule has 1 aromatic heterocycles. The second-order valence-electron chi connectivity index (χ2n) is 2.72. The van der Waals surface area contributed by atoms with Crippen molar-refractivity contribution < 1.29 is 14.3 Å². The molecule has 0 aliphatic carbocycles. The van der Waals surface area contributed by atoms with E-state index in [1.165, 1.54) is 0 Å². The number of hydrogen-bond donors (Lipinski definition) is 0. The van der Waals surface area contributed by atoms with E-state index in [0.717, 1.165) is 4.60 Å². The second-order valence-corrected chi connectivity index (χ2v) is 3.53. The fraction of sp³-hybridized carbons (Fsp3) is 0.400. The Bertz CT molecular complexity index is 313. The third kappa shape index (κ3) is 4.78. The lowest BCUT2D eigenvalue weighted by Crippen LogP contribution is -2.09. The van der Waals surface area contributed by atoms with Gasteiger partial charge in [-0.05, 0) is 35.0 Å². The number of rotatable bonds is 5. The number of esters is 1. The number of hydrogen-bond acceptors (Lipinski definition) is 4. The van der Waals surface area contributed by atoms with Crippen LogP contribution >= 0.6 is 15.9 Å². The molecule has 0 spiro atoms. The van der Waals surface area contributed by atoms with Crippen LogP contribution in [0.3, 0.4) is 0 Å². The summed E-state index contributed by atoms with van der Waals surface area (Å²) >= 11 is 3.22. The SMILES string of the molecule is CCOC(=O)CCOc1ccc(Br)nc1. The van der Waals surface area contributed by atoms with Crippen LogP contribution in [0.25, 0.3) is 0 Å². The molecular weight excluding hydrogens is 262 g/mol. The molecule has 0 saturated carbocycles. The molecule has 0 aliphatic heterocycles. The van der Waals surface area contributed by atoms with Crippen molar-refractivity contribution in [1.82, 2.24) is 4.98 Å². The van der Waals surface area contributed by atoms with Crippen LogP contribution in [0.2, 0.25) is 0 Å². The highest BCUT2D eigenvalue weighted by molar-refractivity contribution is 9.10. The normalized spacial score (nSPS) is 9.73. The van der Waals surface area contributed by atoms with E-state index in [-0.39, 0.29) is 12.4 Å². The third-order valence-corrected chi connectivity index (χ3v) is 2.05. The van der Waals surface area contributed by atoms with Crippen LogP contribution in [-0.2, 0) is 9.53 Å². The molecule has 0 bridgehead atoms. The first-order valence-corrected chi connectivity index (χ1v) is 5.41. The number of aromatic nitrogens is 1. The van der Waals surface area contributed by atoms with Gasteiger partial charge < -0.3 is 9.47 Å². The van der Waals surface area contributed by atoms with Crippen molar-refractivity contribution in [3.05, 3.63) is 22.9 Å². The summed E-state index contributed by atoms with van der Waals surface area (Å²) in [5.74, 6) is 0.394. The van der Waals surface area contributed by atoms with Crippen LogP contribution in [0, 0.1) is 0 Å². The second kappa shape index (κ2) is 6.40. The van der Waals surface area contributed by atoms with E-state index in [0.29, 0.717) is 19.0 Å². The summed E-state index contributed by atoms with van der Waals surface area (Å²) in [5.41, 5.74) is 0. The molecule has 0 unspecified atom stereocenters. The molecular formula is C10H12BrNO3. The van der Waals surface area contributed by atoms with Gasteiger partial charge in [-0.25, -0.2) is 4.98 Å². The maximum atomic E-state index is 11.0. The van der Waals surface area contributed by atoms with E-state index in [1.807, 2.05) is 0 Å². The van der Waals surface area contributed by atoms with E-state index in [2.05, 4.69) is 20.9 Å². The first-order chi connectivity index (χ1) is 7.22. The zero-order valence-electron chi connectivity index (χ0n) is 8.40. The lowest BCUT2D eigenvalue weighted by atomic mass is 10.4. The van der Waals surface area contributed by atoms with E-state index in [4.69, 9.17) is 9.47 Å². The van der Waals surface area contributed by atoms with Crippen molar-refractivity contribution in [3.63, 3.8) is 0 Å². The quantitative estimate of drug-likeness (QED) is 0.610. The van der Waals surface area contributed by atoms with Crippen molar-refractivity contribution in [2.24, 2.45) is 0 Å². The minimum atomic E-state index is -0.248. The molecule has 5 heteroatoms. The average Bonchev–Trinajstić information content (AvgIpc) is 2.21. The van der Waals surface area contributed by atoms with Gasteiger partial charge in [0, 0.05) is 0 Å². The van der Waals surface area contributed by atoms with Crippen LogP contribution in [0.15, 0.2) is 22.9 Å². The predicted molar refractivity (Wildman–Crippen MR) is 58.7 cm³/mol. The molecule has 1 heterocycles. The number of halogens is 1. The van der Waals surface area contributed by atoms with Gasteiger partial charge in [-0.15, -0.1) is 0 Å². The largest absolute Gasteiger partial charge is 0.491 e. The van der Waals surface area contributed by atoms with Crippen LogP contribution in [0.4, 0.5) is 0 Å². The molecule has 0 amide bonds. The van der Waals surface area contributed by atoms with Gasteiger partial charge in [0.15, 0.2) is 0 Å². The Morgan fingerprint density at radius 1 is 1.53 bits per heavy atom. The van der Waals surface area contributed by atoms with Crippen LogP contribution < -0.4 is 4.74 Å². The Morgan fingerprint density at radius 3 is 2.93 bits per heavy atom. The summed E-state index contributed by atoms with van der Waals surface area (Å²) in [6.45, 7) is 2.48. The summed E-state index contributed by atoms with van der Waals surface area (Å²) in [7, 11) is 0. The molecule has 1 aromatic rings. The summed E-state index contributed by atoms with van der Waals surface area (Å²) in [6, 6.07) is 3.56. The number of ether oxygens (including phenoxy) is 2. The highest BCUT2D eigenvalue weighted by Crippen LogP contribution is 2.12. The van der Waals surface area contributed by atoms with Gasteiger partial charge in [0.2, 0.25) is 0 Å². The van der Waals surface area contributed by atoms with Gasteiger partial charge >= 0.3 is 5.97 Å². The van der Waals surface area contributed by atoms with Gasteiger partial charge in [-0.2, -0.15) is 0 Å². The van der Waals surface area contributed by atoms with E-state index in [9.17, 15) is 4.79 Å². The van der Waals surface area contributed by atoms with E-state index in [1.54, 1.807) is 25.3 Å². The summed E-state index contributed by atoms with van der Waals surface area (Å²) < 4.78 is 10.8. The lowest BCUT2D eigenvalue weighted by molar-refractivity contribution is -0.143. The Labute approximate surface area is 96.7 Å². The molecule has 0 aliphatic rings. The molecule has 1 rings (SSSR count). The number of carbonyl (C=O) groups excluding carboxylic acids is 1. The minimum Gasteiger partial charge on any atom is -0.491 e. The highest BCUT2D eigenvalue weighted by atomic mass is 79.9. The molecule has 0 atom stereocenters. The molecule has 0 aromatic carbocycles. The molecule has 82 valence electrons.